The van der Waals surface area contributed by atoms with Gasteiger partial charge in [0.05, 0.1) is 12.2 Å². The number of carboxylic acids is 1. The third-order valence-corrected chi connectivity index (χ3v) is 6.00. The summed E-state index contributed by atoms with van der Waals surface area (Å²) in [7, 11) is 0. The van der Waals surface area contributed by atoms with E-state index in [0.29, 0.717) is 13.2 Å². The fourth-order valence-corrected chi connectivity index (χ4v) is 4.39. The highest BCUT2D eigenvalue weighted by atomic mass is 32.2. The third kappa shape index (κ3) is 4.68. The number of carboxylic acid groups (broad SMARTS) is 1. The molecule has 0 saturated carbocycles. The Morgan fingerprint density at radius 1 is 1.48 bits per heavy atom. The molecular weight excluding hydrogens is 422 g/mol. The van der Waals surface area contributed by atoms with E-state index in [0.717, 1.165) is 11.3 Å². The summed E-state index contributed by atoms with van der Waals surface area (Å²) in [6, 6.07) is -0.802. The Bertz CT molecular complexity index is 870. The van der Waals surface area contributed by atoms with Crippen LogP contribution >= 0.6 is 23.1 Å². The summed E-state index contributed by atoms with van der Waals surface area (Å²) in [5.41, 5.74) is 5.89. The molecule has 0 bridgehead atoms. The van der Waals surface area contributed by atoms with Crippen molar-refractivity contribution in [3.63, 3.8) is 0 Å². The summed E-state index contributed by atoms with van der Waals surface area (Å²) < 4.78 is 5.15. The molecule has 2 aliphatic rings. The van der Waals surface area contributed by atoms with Gasteiger partial charge in [0.25, 0.3) is 11.8 Å². The quantitative estimate of drug-likeness (QED) is 0.205. The highest BCUT2D eigenvalue weighted by molar-refractivity contribution is 8.00. The number of thioether (sulfide) groups is 1. The highest BCUT2D eigenvalue weighted by Crippen LogP contribution is 2.36. The van der Waals surface area contributed by atoms with Crippen molar-refractivity contribution in [3.8, 4) is 0 Å². The molecule has 2 aliphatic heterocycles. The molecule has 3 heterocycles. The van der Waals surface area contributed by atoms with Gasteiger partial charge in [0.1, 0.15) is 23.7 Å². The normalized spacial score (nSPS) is 21.1. The lowest BCUT2D eigenvalue weighted by molar-refractivity contribution is -0.144. The zero-order valence-electron chi connectivity index (χ0n) is 15.4. The van der Waals surface area contributed by atoms with E-state index in [1.807, 2.05) is 6.92 Å². The first-order valence-electron chi connectivity index (χ1n) is 8.60. The smallest absolute Gasteiger partial charge is 0.333 e. The molecule has 0 aromatic carbocycles. The van der Waals surface area contributed by atoms with Gasteiger partial charge in [0.15, 0.2) is 10.8 Å². The number of oxime groups is 1. The van der Waals surface area contributed by atoms with E-state index in [2.05, 4.69) is 15.5 Å². The topological polar surface area (TPSA) is 156 Å². The summed E-state index contributed by atoms with van der Waals surface area (Å²) in [6.07, 6.45) is 1.31. The number of anilines is 1. The van der Waals surface area contributed by atoms with Gasteiger partial charge in [-0.2, -0.15) is 0 Å². The predicted octanol–water partition coefficient (Wildman–Crippen LogP) is -0.149. The number of rotatable bonds is 9. The second kappa shape index (κ2) is 9.24. The number of carbonyl (C=O) groups excluding carboxylic acids is 2. The third-order valence-electron chi connectivity index (χ3n) is 4.00. The van der Waals surface area contributed by atoms with Gasteiger partial charge in [-0.15, -0.1) is 23.1 Å². The first-order chi connectivity index (χ1) is 13.9. The fraction of sp³-hybridized carbons (Fsp3) is 0.438. The van der Waals surface area contributed by atoms with Gasteiger partial charge in [0, 0.05) is 23.9 Å². The van der Waals surface area contributed by atoms with Crippen molar-refractivity contribution in [1.82, 2.24) is 15.2 Å². The Balaban J connectivity index is 1.68. The van der Waals surface area contributed by atoms with Crippen LogP contribution in [0.3, 0.4) is 0 Å². The van der Waals surface area contributed by atoms with Gasteiger partial charge in [-0.25, -0.2) is 9.78 Å². The number of aromatic nitrogens is 1. The number of nitrogens with one attached hydrogen (secondary N) is 1. The summed E-state index contributed by atoms with van der Waals surface area (Å²) in [5, 5.41) is 17.0. The van der Waals surface area contributed by atoms with E-state index >= 15 is 0 Å². The van der Waals surface area contributed by atoms with E-state index in [-0.39, 0.29) is 39.8 Å². The van der Waals surface area contributed by atoms with E-state index in [1.165, 1.54) is 22.9 Å². The number of nitrogens with zero attached hydrogens (tertiary/aromatic N) is 3. The fourth-order valence-electron chi connectivity index (χ4n) is 2.59. The highest BCUT2D eigenvalue weighted by Gasteiger charge is 2.50. The molecule has 1 aromatic heterocycles. The Kier molecular flexibility index (Phi) is 6.71. The van der Waals surface area contributed by atoms with Crippen LogP contribution in [-0.2, 0) is 24.0 Å². The molecule has 29 heavy (non-hydrogen) atoms. The molecule has 1 aromatic rings. The Hall–Kier alpha value is -2.64. The van der Waals surface area contributed by atoms with Crippen molar-refractivity contribution in [2.24, 2.45) is 5.16 Å². The zero-order valence-corrected chi connectivity index (χ0v) is 17.0. The van der Waals surface area contributed by atoms with Crippen LogP contribution in [0.5, 0.6) is 0 Å². The lowest BCUT2D eigenvalue weighted by atomic mass is 10.1. The SMILES string of the molecule is CCOCCON=C(C(=O)NC1C(=O)N2C=C(C(=O)O)CS[C@H]12)c1csc(N)n1. The predicted molar refractivity (Wildman–Crippen MR) is 106 cm³/mol. The van der Waals surface area contributed by atoms with E-state index in [4.69, 9.17) is 20.4 Å². The Labute approximate surface area is 173 Å². The van der Waals surface area contributed by atoms with Gasteiger partial charge in [-0.05, 0) is 6.92 Å². The molecule has 2 atom stereocenters. The van der Waals surface area contributed by atoms with Crippen LogP contribution in [-0.4, -0.2) is 75.5 Å². The minimum Gasteiger partial charge on any atom is -0.478 e. The molecule has 3 rings (SSSR count). The maximum atomic E-state index is 12.7. The Morgan fingerprint density at radius 3 is 2.93 bits per heavy atom. The maximum absolute atomic E-state index is 12.7. The van der Waals surface area contributed by atoms with Gasteiger partial charge in [-0.3, -0.25) is 9.59 Å². The first kappa shape index (κ1) is 21.1. The molecule has 1 fully saturated rings. The molecule has 2 amide bonds. The van der Waals surface area contributed by atoms with Gasteiger partial charge in [-0.1, -0.05) is 5.16 Å². The molecular formula is C16H19N5O6S2. The minimum absolute atomic E-state index is 0.108. The molecule has 1 unspecified atom stereocenters. The number of carbonyl (C=O) groups is 3. The summed E-state index contributed by atoms with van der Waals surface area (Å²) in [6.45, 7) is 2.82. The number of nitrogens with two attached hydrogens (primary N) is 1. The number of amides is 2. The van der Waals surface area contributed by atoms with Crippen molar-refractivity contribution in [1.29, 1.82) is 0 Å². The van der Waals surface area contributed by atoms with Gasteiger partial charge >= 0.3 is 5.97 Å². The summed E-state index contributed by atoms with van der Waals surface area (Å²) >= 11 is 2.40. The van der Waals surface area contributed by atoms with Crippen LogP contribution in [0.15, 0.2) is 22.3 Å². The molecule has 0 aliphatic carbocycles. The molecule has 13 heteroatoms. The number of fused-ring (bicyclic) bond motifs is 1. The number of hydrogen-bond donors (Lipinski definition) is 3. The van der Waals surface area contributed by atoms with E-state index in [9.17, 15) is 14.4 Å². The average Bonchev–Trinajstić information content (AvgIpc) is 3.13. The van der Waals surface area contributed by atoms with Crippen LogP contribution in [0.25, 0.3) is 0 Å². The minimum atomic E-state index is -1.07. The summed E-state index contributed by atoms with van der Waals surface area (Å²) in [5.74, 6) is -1.88. The molecule has 156 valence electrons. The van der Waals surface area contributed by atoms with Crippen molar-refractivity contribution < 1.29 is 29.1 Å². The lowest BCUT2D eigenvalue weighted by Crippen LogP contribution is -2.69. The monoisotopic (exact) mass is 441 g/mol. The molecule has 1 saturated heterocycles. The van der Waals surface area contributed by atoms with Gasteiger partial charge in [0.2, 0.25) is 0 Å². The number of hydrogen-bond acceptors (Lipinski definition) is 10. The number of nitrogen functional groups attached to an aromatic ring is 1. The van der Waals surface area contributed by atoms with Crippen molar-refractivity contribution in [2.45, 2.75) is 18.3 Å². The second-order valence-electron chi connectivity index (χ2n) is 5.90. The van der Waals surface area contributed by atoms with Crippen LogP contribution in [0.4, 0.5) is 5.13 Å². The Morgan fingerprint density at radius 2 is 2.28 bits per heavy atom. The number of ether oxygens (including phenoxy) is 1. The molecule has 0 spiro atoms. The number of thiazole rings is 1. The molecule has 11 nitrogen and oxygen atoms in total. The number of aliphatic carboxylic acids is 1. The van der Waals surface area contributed by atoms with Crippen LogP contribution in [0.1, 0.15) is 12.6 Å². The summed E-state index contributed by atoms with van der Waals surface area (Å²) in [4.78, 5) is 46.6. The first-order valence-corrected chi connectivity index (χ1v) is 10.5. The van der Waals surface area contributed by atoms with Crippen LogP contribution in [0.2, 0.25) is 0 Å². The maximum Gasteiger partial charge on any atom is 0.333 e. The van der Waals surface area contributed by atoms with Crippen molar-refractivity contribution in [3.05, 3.63) is 22.8 Å². The number of β-lactam (4-membered cyclic amide) rings is 1. The van der Waals surface area contributed by atoms with Gasteiger partial charge < -0.3 is 30.6 Å². The van der Waals surface area contributed by atoms with E-state index in [1.54, 1.807) is 5.38 Å². The standard InChI is InChI=1S/C16H19N5O6S2/c1-2-26-3-4-27-20-10(9-7-29-16(17)18-9)12(22)19-11-13(23)21-5-8(15(24)25)6-28-14(11)21/h5,7,11,14H,2-4,6H2,1H3,(H2,17,18)(H,19,22)(H,24,25)/t11?,14-/m1/s1. The van der Waals surface area contributed by atoms with Crippen LogP contribution in [0, 0.1) is 0 Å². The molecule has 0 radical (unpaired) electrons. The lowest BCUT2D eigenvalue weighted by Gasteiger charge is -2.46. The van der Waals surface area contributed by atoms with Crippen LogP contribution < -0.4 is 11.1 Å². The van der Waals surface area contributed by atoms with E-state index < -0.39 is 23.8 Å². The second-order valence-corrected chi connectivity index (χ2v) is 7.89. The average molecular weight is 441 g/mol. The van der Waals surface area contributed by atoms with Crippen molar-refractivity contribution >= 4 is 51.7 Å². The zero-order chi connectivity index (χ0) is 21.0. The largest absolute Gasteiger partial charge is 0.478 e. The molecule has 4 N–H and O–H groups in total. The van der Waals surface area contributed by atoms with Crippen molar-refractivity contribution in [2.75, 3.05) is 31.3 Å².